The molecule has 1 aromatic carbocycles. The first-order valence-electron chi connectivity index (χ1n) is 4.91. The zero-order valence-corrected chi connectivity index (χ0v) is 11.8. The number of carbonyl (C=O) groups is 1. The summed E-state index contributed by atoms with van der Waals surface area (Å²) in [5.74, 6) is -0.206. The molecule has 0 bridgehead atoms. The molecule has 6 heteroatoms. The van der Waals surface area contributed by atoms with Crippen LogP contribution < -0.4 is 3.74 Å². The lowest BCUT2D eigenvalue weighted by molar-refractivity contribution is -0.131. The normalized spacial score (nSPS) is 8.72. The van der Waals surface area contributed by atoms with Crippen LogP contribution >= 0.6 is 11.3 Å². The van der Waals surface area contributed by atoms with Gasteiger partial charge in [0.05, 0.1) is 0 Å². The average Bonchev–Trinajstić information content (AvgIpc) is 2.75. The molecule has 0 fully saturated rings. The second kappa shape index (κ2) is 8.03. The zero-order valence-electron chi connectivity index (χ0n) is 9.84. The Labute approximate surface area is 116 Å². The Morgan fingerprint density at radius 2 is 1.83 bits per heavy atom. The quantitative estimate of drug-likeness (QED) is 0.770. The summed E-state index contributed by atoms with van der Waals surface area (Å²) in [6, 6.07) is 12.2. The second-order valence-electron chi connectivity index (χ2n) is 3.29. The molecule has 0 aliphatic heterocycles. The van der Waals surface area contributed by atoms with E-state index in [2.05, 4.69) is 18.2 Å². The molecule has 0 aliphatic carbocycles. The Morgan fingerprint density at radius 1 is 1.17 bits per heavy atom. The first kappa shape index (κ1) is 16.8. The van der Waals surface area contributed by atoms with Crippen LogP contribution in [0, 0.1) is 0 Å². The lowest BCUT2D eigenvalue weighted by atomic mass is 10.1. The summed E-state index contributed by atoms with van der Waals surface area (Å²) in [5.41, 5.74) is 2.36. The number of carbonyl (C=O) groups excluding carboxylic acids is 1. The van der Waals surface area contributed by atoms with Crippen molar-refractivity contribution in [3.63, 3.8) is 0 Å². The van der Waals surface area contributed by atoms with Crippen molar-refractivity contribution < 1.29 is 19.5 Å². The number of rotatable bonds is 3. The van der Waals surface area contributed by atoms with Gasteiger partial charge >= 0.3 is 15.6 Å². The summed E-state index contributed by atoms with van der Waals surface area (Å²) in [6.45, 7) is 1.45. The largest absolute Gasteiger partial charge is 0.618 e. The number of hydrogen-bond donors (Lipinski definition) is 0. The Bertz CT molecular complexity index is 484. The molecule has 0 atom stereocenters. The second-order valence-corrected chi connectivity index (χ2v) is 5.71. The fourth-order valence-electron chi connectivity index (χ4n) is 1.40. The van der Waals surface area contributed by atoms with Crippen molar-refractivity contribution in [2.45, 2.75) is 6.92 Å². The van der Waals surface area contributed by atoms with E-state index in [1.165, 1.54) is 21.8 Å². The molecule has 2 rings (SSSR count). The van der Waals surface area contributed by atoms with Gasteiger partial charge in [-0.05, 0) is 26.3 Å². The minimum absolute atomic E-state index is 0. The molecular weight excluding hydrogens is 267 g/mol. The van der Waals surface area contributed by atoms with E-state index in [4.69, 9.17) is 3.79 Å². The molecule has 1 heterocycles. The summed E-state index contributed by atoms with van der Waals surface area (Å²) in [4.78, 5) is 10.8. The summed E-state index contributed by atoms with van der Waals surface area (Å²) >= 11 is 1.24. The van der Waals surface area contributed by atoms with Gasteiger partial charge in [0, 0.05) is 6.92 Å². The predicted octanol–water partition coefficient (Wildman–Crippen LogP) is 0.573. The Hall–Kier alpha value is -1.16. The van der Waals surface area contributed by atoms with E-state index in [1.807, 2.05) is 23.6 Å². The minimum Gasteiger partial charge on any atom is -0.618 e. The molecule has 4 nitrogen and oxygen atoms in total. The highest BCUT2D eigenvalue weighted by Gasteiger charge is 2.12. The molecule has 95 valence electrons. The molecule has 2 aromatic rings. The smallest absolute Gasteiger partial charge is 0.584 e. The molecule has 4 N–H and O–H groups in total. The summed E-state index contributed by atoms with van der Waals surface area (Å²) in [5, 5.41) is 2.04. The van der Waals surface area contributed by atoms with Gasteiger partial charge in [-0.15, -0.1) is 0 Å². The molecule has 0 spiro atoms. The molecule has 0 aliphatic rings. The van der Waals surface area contributed by atoms with Gasteiger partial charge in [-0.25, -0.2) is 0 Å². The highest BCUT2D eigenvalue weighted by atomic mass is 32.1. The molecule has 0 unspecified atom stereocenters. The molecule has 1 radical (unpaired) electrons. The predicted molar refractivity (Wildman–Crippen MR) is 74.1 cm³/mol. The monoisotopic (exact) mass is 281 g/mol. The van der Waals surface area contributed by atoms with E-state index in [-0.39, 0.29) is 16.9 Å². The Morgan fingerprint density at radius 3 is 2.44 bits per heavy atom. The van der Waals surface area contributed by atoms with Crippen molar-refractivity contribution in [2.24, 2.45) is 0 Å². The first-order chi connectivity index (χ1) is 7.77. The molecule has 0 saturated heterocycles. The third kappa shape index (κ3) is 4.26. The maximum atomic E-state index is 10.8. The van der Waals surface area contributed by atoms with E-state index in [9.17, 15) is 4.79 Å². The third-order valence-electron chi connectivity index (χ3n) is 2.11. The van der Waals surface area contributed by atoms with Crippen molar-refractivity contribution in [3.05, 3.63) is 41.8 Å². The summed E-state index contributed by atoms with van der Waals surface area (Å²) in [7, 11) is 0. The van der Waals surface area contributed by atoms with Gasteiger partial charge in [0.1, 0.15) is 0 Å². The van der Waals surface area contributed by atoms with Crippen molar-refractivity contribution in [3.8, 4) is 11.1 Å². The van der Waals surface area contributed by atoms with Crippen molar-refractivity contribution in [1.82, 2.24) is 0 Å². The zero-order chi connectivity index (χ0) is 11.4. The van der Waals surface area contributed by atoms with E-state index >= 15 is 0 Å². The molecular formula is C12H14AlO4S. The topological polar surface area (TPSA) is 89.3 Å². The van der Waals surface area contributed by atoms with Crippen LogP contribution in [0.4, 0.5) is 0 Å². The van der Waals surface area contributed by atoms with Crippen LogP contribution in [0.1, 0.15) is 6.92 Å². The SMILES string of the molecule is CC(=O)[O][Al][c]1sccc1-c1ccccc1.O.O. The fraction of sp³-hybridized carbons (Fsp3) is 0.0833. The summed E-state index contributed by atoms with van der Waals surface area (Å²) in [6.07, 6.45) is 0. The van der Waals surface area contributed by atoms with E-state index in [1.54, 1.807) is 11.3 Å². The average molecular weight is 281 g/mol. The molecule has 18 heavy (non-hydrogen) atoms. The highest BCUT2D eigenvalue weighted by Crippen LogP contribution is 2.19. The molecule has 1 aromatic heterocycles. The molecule has 0 saturated carbocycles. The number of hydrogen-bond acceptors (Lipinski definition) is 3. The van der Waals surface area contributed by atoms with Crippen LogP contribution in [-0.4, -0.2) is 32.5 Å². The lowest BCUT2D eigenvalue weighted by Gasteiger charge is -2.03. The number of benzene rings is 1. The van der Waals surface area contributed by atoms with E-state index in [0.717, 1.165) is 0 Å². The Kier molecular flexibility index (Phi) is 7.52. The standard InChI is InChI=1S/C10H7S.C2H4O2.Al.2H2O/c1-2-4-9(5-3-1)10-6-7-11-8-10;1-2(3)4;;;/h1-7H;1H3,(H,3,4);;2*1H2/q;;+1;;/p-1. The third-order valence-corrected chi connectivity index (χ3v) is 4.53. The lowest BCUT2D eigenvalue weighted by Crippen LogP contribution is -2.18. The van der Waals surface area contributed by atoms with Gasteiger partial charge in [0.15, 0.2) is 0 Å². The maximum Gasteiger partial charge on any atom is 0.584 e. The van der Waals surface area contributed by atoms with Gasteiger partial charge in [-0.3, -0.25) is 4.79 Å². The summed E-state index contributed by atoms with van der Waals surface area (Å²) < 4.78 is 6.27. The van der Waals surface area contributed by atoms with Crippen LogP contribution in [0.5, 0.6) is 0 Å². The number of thiophene rings is 1. The van der Waals surface area contributed by atoms with Crippen LogP contribution in [0.15, 0.2) is 41.8 Å². The van der Waals surface area contributed by atoms with Crippen LogP contribution in [0.3, 0.4) is 0 Å². The first-order valence-corrected chi connectivity index (χ1v) is 6.83. The highest BCUT2D eigenvalue weighted by molar-refractivity contribution is 7.20. The maximum absolute atomic E-state index is 10.8. The van der Waals surface area contributed by atoms with Crippen LogP contribution in [0.25, 0.3) is 11.1 Å². The van der Waals surface area contributed by atoms with E-state index in [0.29, 0.717) is 0 Å². The molecule has 0 amide bonds. The van der Waals surface area contributed by atoms with Crippen molar-refractivity contribution >= 4 is 36.6 Å². The van der Waals surface area contributed by atoms with Gasteiger partial charge in [-0.1, -0.05) is 30.3 Å². The van der Waals surface area contributed by atoms with Crippen LogP contribution in [-0.2, 0) is 8.58 Å². The van der Waals surface area contributed by atoms with E-state index < -0.39 is 15.6 Å². The van der Waals surface area contributed by atoms with Gasteiger partial charge in [-0.2, -0.15) is 11.3 Å². The van der Waals surface area contributed by atoms with Crippen LogP contribution in [0.2, 0.25) is 0 Å². The van der Waals surface area contributed by atoms with Crippen molar-refractivity contribution in [1.29, 1.82) is 0 Å². The Balaban J connectivity index is 0.00000144. The minimum atomic E-state index is -0.409. The van der Waals surface area contributed by atoms with Gasteiger partial charge in [0.2, 0.25) is 0 Å². The van der Waals surface area contributed by atoms with Crippen molar-refractivity contribution in [2.75, 3.05) is 0 Å². The van der Waals surface area contributed by atoms with Gasteiger partial charge in [0.25, 0.3) is 5.97 Å². The van der Waals surface area contributed by atoms with Gasteiger partial charge < -0.3 is 14.7 Å². The fourth-order valence-corrected chi connectivity index (χ4v) is 3.33.